The third-order valence-corrected chi connectivity index (χ3v) is 3.49. The molecule has 0 unspecified atom stereocenters. The van der Waals surface area contributed by atoms with Gasteiger partial charge in [0.15, 0.2) is 0 Å². The zero-order valence-electron chi connectivity index (χ0n) is 9.36. The SMILES string of the molecule is O=C(O)c1c(Br)cccc1Oc1ccc(Cl)cc1Cl. The zero-order valence-corrected chi connectivity index (χ0v) is 12.5. The van der Waals surface area contributed by atoms with Crippen LogP contribution < -0.4 is 4.74 Å². The molecule has 0 saturated carbocycles. The molecule has 0 amide bonds. The second-order valence-corrected chi connectivity index (χ2v) is 5.29. The Balaban J connectivity index is 2.44. The van der Waals surface area contributed by atoms with Crippen LogP contribution in [0.25, 0.3) is 0 Å². The molecule has 2 rings (SSSR count). The summed E-state index contributed by atoms with van der Waals surface area (Å²) in [4.78, 5) is 11.2. The lowest BCUT2D eigenvalue weighted by atomic mass is 10.2. The second kappa shape index (κ2) is 5.82. The number of carboxylic acid groups (broad SMARTS) is 1. The highest BCUT2D eigenvalue weighted by atomic mass is 79.9. The lowest BCUT2D eigenvalue weighted by Crippen LogP contribution is -2.01. The summed E-state index contributed by atoms with van der Waals surface area (Å²) in [5.41, 5.74) is 0.0357. The molecule has 0 saturated heterocycles. The molecular weight excluding hydrogens is 355 g/mol. The van der Waals surface area contributed by atoms with Gasteiger partial charge in [-0.1, -0.05) is 29.3 Å². The second-order valence-electron chi connectivity index (χ2n) is 3.59. The van der Waals surface area contributed by atoms with Gasteiger partial charge >= 0.3 is 5.97 Å². The fraction of sp³-hybridized carbons (Fsp3) is 0. The van der Waals surface area contributed by atoms with Gasteiger partial charge in [-0.25, -0.2) is 4.79 Å². The van der Waals surface area contributed by atoms with Gasteiger partial charge in [0, 0.05) is 9.50 Å². The molecular formula is C13H7BrCl2O3. The van der Waals surface area contributed by atoms with Gasteiger partial charge in [-0.3, -0.25) is 0 Å². The standard InChI is InChI=1S/C13H7BrCl2O3/c14-8-2-1-3-11(12(8)13(17)18)19-10-5-4-7(15)6-9(10)16/h1-6H,(H,17,18). The first-order valence-electron chi connectivity index (χ1n) is 5.13. The Labute approximate surface area is 127 Å². The Bertz CT molecular complexity index is 644. The first kappa shape index (κ1) is 14.2. The van der Waals surface area contributed by atoms with Crippen LogP contribution in [0.15, 0.2) is 40.9 Å². The molecule has 0 aliphatic rings. The van der Waals surface area contributed by atoms with E-state index in [4.69, 9.17) is 27.9 Å². The van der Waals surface area contributed by atoms with E-state index < -0.39 is 5.97 Å². The van der Waals surface area contributed by atoms with Crippen LogP contribution >= 0.6 is 39.1 Å². The average Bonchev–Trinajstić information content (AvgIpc) is 2.32. The summed E-state index contributed by atoms with van der Waals surface area (Å²) >= 11 is 14.9. The van der Waals surface area contributed by atoms with E-state index in [1.54, 1.807) is 30.3 Å². The summed E-state index contributed by atoms with van der Waals surface area (Å²) in [6.07, 6.45) is 0. The maximum Gasteiger partial charge on any atom is 0.340 e. The minimum Gasteiger partial charge on any atom is -0.478 e. The molecule has 0 bridgehead atoms. The van der Waals surface area contributed by atoms with Gasteiger partial charge < -0.3 is 9.84 Å². The monoisotopic (exact) mass is 360 g/mol. The summed E-state index contributed by atoms with van der Waals surface area (Å²) in [6, 6.07) is 9.57. The van der Waals surface area contributed by atoms with Gasteiger partial charge in [0.1, 0.15) is 17.1 Å². The third-order valence-electron chi connectivity index (χ3n) is 2.30. The quantitative estimate of drug-likeness (QED) is 0.812. The molecule has 0 radical (unpaired) electrons. The Morgan fingerprint density at radius 2 is 1.89 bits per heavy atom. The number of aromatic carboxylic acids is 1. The number of benzene rings is 2. The average molecular weight is 362 g/mol. The van der Waals surface area contributed by atoms with E-state index in [1.807, 2.05) is 0 Å². The number of rotatable bonds is 3. The number of ether oxygens (including phenoxy) is 1. The molecule has 2 aromatic carbocycles. The number of hydrogen-bond donors (Lipinski definition) is 1. The highest BCUT2D eigenvalue weighted by Gasteiger charge is 2.16. The van der Waals surface area contributed by atoms with Crippen molar-refractivity contribution in [1.82, 2.24) is 0 Å². The van der Waals surface area contributed by atoms with Gasteiger partial charge in [0.25, 0.3) is 0 Å². The third kappa shape index (κ3) is 3.21. The number of carbonyl (C=O) groups is 1. The van der Waals surface area contributed by atoms with E-state index in [9.17, 15) is 9.90 Å². The fourth-order valence-electron chi connectivity index (χ4n) is 1.47. The van der Waals surface area contributed by atoms with E-state index in [2.05, 4.69) is 15.9 Å². The predicted molar refractivity (Wildman–Crippen MR) is 77.6 cm³/mol. The molecule has 2 aromatic rings. The van der Waals surface area contributed by atoms with Gasteiger partial charge in [-0.05, 0) is 46.3 Å². The van der Waals surface area contributed by atoms with Crippen LogP contribution in [-0.2, 0) is 0 Å². The van der Waals surface area contributed by atoms with Crippen LogP contribution in [0, 0.1) is 0 Å². The smallest absolute Gasteiger partial charge is 0.340 e. The van der Waals surface area contributed by atoms with Gasteiger partial charge in [0.05, 0.1) is 5.02 Å². The van der Waals surface area contributed by atoms with Crippen molar-refractivity contribution < 1.29 is 14.6 Å². The maximum absolute atomic E-state index is 11.2. The van der Waals surface area contributed by atoms with Crippen LogP contribution in [0.4, 0.5) is 0 Å². The molecule has 1 N–H and O–H groups in total. The summed E-state index contributed by atoms with van der Waals surface area (Å²) in [5.74, 6) is -0.551. The Kier molecular flexibility index (Phi) is 4.34. The number of halogens is 3. The normalized spacial score (nSPS) is 10.3. The van der Waals surface area contributed by atoms with E-state index in [0.717, 1.165) is 0 Å². The molecule has 0 spiro atoms. The van der Waals surface area contributed by atoms with Crippen LogP contribution in [0.3, 0.4) is 0 Å². The van der Waals surface area contributed by atoms with Crippen LogP contribution in [0.1, 0.15) is 10.4 Å². The first-order valence-corrected chi connectivity index (χ1v) is 6.68. The molecule has 0 aliphatic carbocycles. The topological polar surface area (TPSA) is 46.5 Å². The van der Waals surface area contributed by atoms with Crippen molar-refractivity contribution in [3.05, 3.63) is 56.5 Å². The van der Waals surface area contributed by atoms with Crippen molar-refractivity contribution in [3.8, 4) is 11.5 Å². The van der Waals surface area contributed by atoms with E-state index >= 15 is 0 Å². The van der Waals surface area contributed by atoms with Crippen LogP contribution in [0.5, 0.6) is 11.5 Å². The zero-order chi connectivity index (χ0) is 14.0. The van der Waals surface area contributed by atoms with Crippen molar-refractivity contribution in [2.45, 2.75) is 0 Å². The van der Waals surface area contributed by atoms with Crippen molar-refractivity contribution in [3.63, 3.8) is 0 Å². The van der Waals surface area contributed by atoms with Gasteiger partial charge in [0.2, 0.25) is 0 Å². The molecule has 0 aliphatic heterocycles. The van der Waals surface area contributed by atoms with E-state index in [1.165, 1.54) is 6.07 Å². The van der Waals surface area contributed by atoms with E-state index in [0.29, 0.717) is 20.3 Å². The summed E-state index contributed by atoms with van der Waals surface area (Å²) in [6.45, 7) is 0. The van der Waals surface area contributed by atoms with Crippen LogP contribution in [-0.4, -0.2) is 11.1 Å². The van der Waals surface area contributed by atoms with E-state index in [-0.39, 0.29) is 11.3 Å². The maximum atomic E-state index is 11.2. The molecule has 0 atom stereocenters. The largest absolute Gasteiger partial charge is 0.478 e. The summed E-state index contributed by atoms with van der Waals surface area (Å²) in [5, 5.41) is 9.96. The predicted octanol–water partition coefficient (Wildman–Crippen LogP) is 5.25. The lowest BCUT2D eigenvalue weighted by Gasteiger charge is -2.11. The molecule has 0 fully saturated rings. The number of carboxylic acids is 1. The van der Waals surface area contributed by atoms with Crippen molar-refractivity contribution in [1.29, 1.82) is 0 Å². The number of hydrogen-bond acceptors (Lipinski definition) is 2. The Morgan fingerprint density at radius 3 is 2.53 bits per heavy atom. The minimum absolute atomic E-state index is 0.0357. The fourth-order valence-corrected chi connectivity index (χ4v) is 2.44. The van der Waals surface area contributed by atoms with Crippen molar-refractivity contribution in [2.24, 2.45) is 0 Å². The molecule has 19 heavy (non-hydrogen) atoms. The molecule has 0 aromatic heterocycles. The van der Waals surface area contributed by atoms with Crippen molar-refractivity contribution in [2.75, 3.05) is 0 Å². The Morgan fingerprint density at radius 1 is 1.16 bits per heavy atom. The molecule has 0 heterocycles. The minimum atomic E-state index is -1.09. The molecule has 6 heteroatoms. The highest BCUT2D eigenvalue weighted by molar-refractivity contribution is 9.10. The van der Waals surface area contributed by atoms with Gasteiger partial charge in [-0.2, -0.15) is 0 Å². The molecule has 3 nitrogen and oxygen atoms in total. The molecule has 98 valence electrons. The Hall–Kier alpha value is -1.23. The lowest BCUT2D eigenvalue weighted by molar-refractivity contribution is 0.0693. The summed E-state index contributed by atoms with van der Waals surface area (Å²) in [7, 11) is 0. The van der Waals surface area contributed by atoms with Crippen molar-refractivity contribution >= 4 is 45.1 Å². The highest BCUT2D eigenvalue weighted by Crippen LogP contribution is 2.35. The van der Waals surface area contributed by atoms with Gasteiger partial charge in [-0.15, -0.1) is 0 Å². The van der Waals surface area contributed by atoms with Crippen LogP contribution in [0.2, 0.25) is 10.0 Å². The summed E-state index contributed by atoms with van der Waals surface area (Å²) < 4.78 is 5.97. The first-order chi connectivity index (χ1) is 8.99.